The minimum Gasteiger partial charge on any atom is -0.456 e. The molecule has 0 spiro atoms. The standard InChI is InChI=1S/C49H32O2/c50-49-45-31-37(43-27-39(33-13-5-1-6-14-33)25-40(28-43)34-15-7-2-8-16-34)21-23-47(45)51-48-24-22-38(32-46(48)49)44-29-41(35-17-9-3-10-18-35)26-42(30-44)36-19-11-4-12-20-36/h1-32H. The Morgan fingerprint density at radius 1 is 0.255 bits per heavy atom. The van der Waals surface area contributed by atoms with E-state index in [4.69, 9.17) is 4.42 Å². The Labute approximate surface area is 296 Å². The van der Waals surface area contributed by atoms with E-state index in [9.17, 15) is 4.79 Å². The molecule has 0 radical (unpaired) electrons. The lowest BCUT2D eigenvalue weighted by atomic mass is 9.92. The van der Waals surface area contributed by atoms with E-state index < -0.39 is 0 Å². The number of fused-ring (bicyclic) bond motifs is 2. The van der Waals surface area contributed by atoms with Crippen molar-refractivity contribution in [2.45, 2.75) is 0 Å². The summed E-state index contributed by atoms with van der Waals surface area (Å²) in [5.74, 6) is 0. The second-order valence-electron chi connectivity index (χ2n) is 12.9. The average Bonchev–Trinajstić information content (AvgIpc) is 3.22. The van der Waals surface area contributed by atoms with Gasteiger partial charge >= 0.3 is 0 Å². The molecule has 0 N–H and O–H groups in total. The van der Waals surface area contributed by atoms with E-state index in [0.717, 1.165) is 66.8 Å². The predicted molar refractivity (Wildman–Crippen MR) is 213 cm³/mol. The minimum absolute atomic E-state index is 0.0417. The Morgan fingerprint density at radius 3 is 0.824 bits per heavy atom. The van der Waals surface area contributed by atoms with Gasteiger partial charge in [-0.05, 0) is 127 Å². The van der Waals surface area contributed by atoms with E-state index in [1.54, 1.807) is 0 Å². The highest BCUT2D eigenvalue weighted by Crippen LogP contribution is 2.36. The summed E-state index contributed by atoms with van der Waals surface area (Å²) in [6.45, 7) is 0. The second-order valence-corrected chi connectivity index (χ2v) is 12.9. The van der Waals surface area contributed by atoms with Crippen LogP contribution in [-0.2, 0) is 0 Å². The van der Waals surface area contributed by atoms with Gasteiger partial charge in [-0.2, -0.15) is 0 Å². The summed E-state index contributed by atoms with van der Waals surface area (Å²) in [5.41, 5.74) is 14.1. The fourth-order valence-corrected chi connectivity index (χ4v) is 6.99. The molecule has 0 amide bonds. The van der Waals surface area contributed by atoms with Crippen molar-refractivity contribution < 1.29 is 4.42 Å². The van der Waals surface area contributed by atoms with Crippen LogP contribution < -0.4 is 5.43 Å². The molecule has 240 valence electrons. The Bertz CT molecular complexity index is 2430. The summed E-state index contributed by atoms with van der Waals surface area (Å²) in [7, 11) is 0. The normalized spacial score (nSPS) is 11.2. The topological polar surface area (TPSA) is 30.2 Å². The van der Waals surface area contributed by atoms with Gasteiger partial charge in [-0.3, -0.25) is 4.79 Å². The monoisotopic (exact) mass is 652 g/mol. The molecule has 0 aliphatic heterocycles. The quantitative estimate of drug-likeness (QED) is 0.167. The zero-order valence-corrected chi connectivity index (χ0v) is 27.8. The van der Waals surface area contributed by atoms with Crippen LogP contribution in [-0.4, -0.2) is 0 Å². The van der Waals surface area contributed by atoms with E-state index in [-0.39, 0.29) is 5.43 Å². The van der Waals surface area contributed by atoms with Crippen molar-refractivity contribution in [3.8, 4) is 66.8 Å². The smallest absolute Gasteiger partial charge is 0.200 e. The molecular weight excluding hydrogens is 621 g/mol. The molecule has 9 aromatic rings. The maximum Gasteiger partial charge on any atom is 0.200 e. The second kappa shape index (κ2) is 12.9. The molecule has 0 saturated carbocycles. The van der Waals surface area contributed by atoms with Gasteiger partial charge in [0.2, 0.25) is 5.43 Å². The Balaban J connectivity index is 1.18. The number of hydrogen-bond acceptors (Lipinski definition) is 2. The first-order valence-corrected chi connectivity index (χ1v) is 17.2. The fourth-order valence-electron chi connectivity index (χ4n) is 6.99. The number of rotatable bonds is 6. The molecule has 0 atom stereocenters. The Hall–Kier alpha value is -6.77. The van der Waals surface area contributed by atoms with Crippen molar-refractivity contribution in [1.29, 1.82) is 0 Å². The van der Waals surface area contributed by atoms with Crippen molar-refractivity contribution >= 4 is 21.9 Å². The summed E-state index contributed by atoms with van der Waals surface area (Å²) in [4.78, 5) is 14.3. The van der Waals surface area contributed by atoms with Gasteiger partial charge in [-0.1, -0.05) is 133 Å². The van der Waals surface area contributed by atoms with Crippen molar-refractivity contribution in [1.82, 2.24) is 0 Å². The van der Waals surface area contributed by atoms with Crippen LogP contribution in [0.25, 0.3) is 88.7 Å². The molecule has 2 heteroatoms. The lowest BCUT2D eigenvalue weighted by Gasteiger charge is -2.13. The van der Waals surface area contributed by atoms with Gasteiger partial charge in [0.05, 0.1) is 10.8 Å². The first kappa shape index (κ1) is 30.3. The van der Waals surface area contributed by atoms with Crippen LogP contribution in [0.4, 0.5) is 0 Å². The zero-order chi connectivity index (χ0) is 34.1. The molecule has 0 fully saturated rings. The molecule has 1 aromatic heterocycles. The molecule has 0 saturated heterocycles. The van der Waals surface area contributed by atoms with Gasteiger partial charge in [0.25, 0.3) is 0 Å². The molecule has 0 aliphatic rings. The molecular formula is C49H32O2. The summed E-state index contributed by atoms with van der Waals surface area (Å²) < 4.78 is 6.38. The molecule has 9 rings (SSSR count). The van der Waals surface area contributed by atoms with Crippen LogP contribution in [0.2, 0.25) is 0 Å². The maximum absolute atomic E-state index is 14.3. The SMILES string of the molecule is O=c1c2cc(-c3cc(-c4ccccc4)cc(-c4ccccc4)c3)ccc2oc2ccc(-c3cc(-c4ccccc4)cc(-c4ccccc4)c3)cc12. The van der Waals surface area contributed by atoms with E-state index in [1.807, 2.05) is 60.7 Å². The molecule has 51 heavy (non-hydrogen) atoms. The van der Waals surface area contributed by atoms with Gasteiger partial charge in [-0.15, -0.1) is 0 Å². The summed E-state index contributed by atoms with van der Waals surface area (Å²) in [5, 5.41) is 1.12. The van der Waals surface area contributed by atoms with E-state index in [0.29, 0.717) is 21.9 Å². The van der Waals surface area contributed by atoms with Crippen LogP contribution in [0, 0.1) is 0 Å². The first-order valence-electron chi connectivity index (χ1n) is 17.2. The van der Waals surface area contributed by atoms with E-state index in [2.05, 4.69) is 133 Å². The highest BCUT2D eigenvalue weighted by atomic mass is 16.3. The largest absolute Gasteiger partial charge is 0.456 e. The number of benzene rings is 8. The van der Waals surface area contributed by atoms with E-state index in [1.165, 1.54) is 0 Å². The molecule has 0 unspecified atom stereocenters. The van der Waals surface area contributed by atoms with E-state index >= 15 is 0 Å². The first-order chi connectivity index (χ1) is 25.2. The van der Waals surface area contributed by atoms with Crippen molar-refractivity contribution in [2.75, 3.05) is 0 Å². The predicted octanol–water partition coefficient (Wildman–Crippen LogP) is 12.9. The van der Waals surface area contributed by atoms with Crippen LogP contribution in [0.1, 0.15) is 0 Å². The molecule has 8 aromatic carbocycles. The van der Waals surface area contributed by atoms with Crippen molar-refractivity contribution in [3.05, 3.63) is 204 Å². The molecule has 1 heterocycles. The van der Waals surface area contributed by atoms with Crippen LogP contribution in [0.15, 0.2) is 203 Å². The zero-order valence-electron chi connectivity index (χ0n) is 27.8. The lowest BCUT2D eigenvalue weighted by Crippen LogP contribution is -2.02. The summed E-state index contributed by atoms with van der Waals surface area (Å²) >= 11 is 0. The molecule has 0 aliphatic carbocycles. The third-order valence-corrected chi connectivity index (χ3v) is 9.63. The Kier molecular flexibility index (Phi) is 7.68. The lowest BCUT2D eigenvalue weighted by molar-refractivity contribution is 0.660. The van der Waals surface area contributed by atoms with Crippen LogP contribution in [0.3, 0.4) is 0 Å². The average molecular weight is 653 g/mol. The Morgan fingerprint density at radius 2 is 0.529 bits per heavy atom. The van der Waals surface area contributed by atoms with Crippen molar-refractivity contribution in [2.24, 2.45) is 0 Å². The highest BCUT2D eigenvalue weighted by Gasteiger charge is 2.14. The third-order valence-electron chi connectivity index (χ3n) is 9.63. The van der Waals surface area contributed by atoms with Gasteiger partial charge in [0.15, 0.2) is 0 Å². The van der Waals surface area contributed by atoms with Gasteiger partial charge < -0.3 is 4.42 Å². The number of hydrogen-bond donors (Lipinski definition) is 0. The van der Waals surface area contributed by atoms with Gasteiger partial charge in [0.1, 0.15) is 11.2 Å². The van der Waals surface area contributed by atoms with Gasteiger partial charge in [0, 0.05) is 0 Å². The van der Waals surface area contributed by atoms with Crippen LogP contribution in [0.5, 0.6) is 0 Å². The molecule has 2 nitrogen and oxygen atoms in total. The fraction of sp³-hybridized carbons (Fsp3) is 0. The maximum atomic E-state index is 14.3. The van der Waals surface area contributed by atoms with Crippen molar-refractivity contribution in [3.63, 3.8) is 0 Å². The summed E-state index contributed by atoms with van der Waals surface area (Å²) in [6.07, 6.45) is 0. The van der Waals surface area contributed by atoms with Crippen LogP contribution >= 0.6 is 0 Å². The third kappa shape index (κ3) is 5.94. The summed E-state index contributed by atoms with van der Waals surface area (Å²) in [6, 6.07) is 66.8. The minimum atomic E-state index is -0.0417. The van der Waals surface area contributed by atoms with Gasteiger partial charge in [-0.25, -0.2) is 0 Å². The highest BCUT2D eigenvalue weighted by molar-refractivity contribution is 5.95. The molecule has 0 bridgehead atoms.